The van der Waals surface area contributed by atoms with Crippen LogP contribution in [0.25, 0.3) is 10.8 Å². The van der Waals surface area contributed by atoms with Gasteiger partial charge in [0.25, 0.3) is 0 Å². The Morgan fingerprint density at radius 3 is 2.38 bits per heavy atom. The van der Waals surface area contributed by atoms with Crippen LogP contribution in [0.1, 0.15) is 26.3 Å². The average Bonchev–Trinajstić information content (AvgIpc) is 2.76. The Hall–Kier alpha value is -3.43. The predicted molar refractivity (Wildman–Crippen MR) is 132 cm³/mol. The third-order valence-electron chi connectivity index (χ3n) is 4.74. The molecule has 0 aromatic heterocycles. The molecule has 0 saturated carbocycles. The fourth-order valence-electron chi connectivity index (χ4n) is 3.31. The van der Waals surface area contributed by atoms with Crippen molar-refractivity contribution in [3.63, 3.8) is 0 Å². The highest BCUT2D eigenvalue weighted by Crippen LogP contribution is 2.20. The number of carbonyl (C=O) groups excluding carboxylic acids is 2. The molecule has 0 unspecified atom stereocenters. The van der Waals surface area contributed by atoms with Gasteiger partial charge in [-0.2, -0.15) is 0 Å². The zero-order valence-electron chi connectivity index (χ0n) is 19.4. The molecule has 3 aromatic carbocycles. The maximum Gasteiger partial charge on any atom is 0.407 e. The molecule has 3 rings (SSSR count). The molecule has 0 heterocycles. The maximum atomic E-state index is 12.6. The summed E-state index contributed by atoms with van der Waals surface area (Å²) in [6.45, 7) is 5.27. The molecule has 0 aliphatic carbocycles. The highest BCUT2D eigenvalue weighted by molar-refractivity contribution is 7.89. The SMILES string of the molecule is CC(C)(C)OC(=O)NCCNS(=O)(=O)c1cccc(NC(=O)Cc2cccc3ccccc23)c1. The van der Waals surface area contributed by atoms with Crippen LogP contribution in [-0.4, -0.2) is 39.1 Å². The van der Waals surface area contributed by atoms with E-state index in [4.69, 9.17) is 4.74 Å². The van der Waals surface area contributed by atoms with Gasteiger partial charge in [-0.05, 0) is 55.3 Å². The summed E-state index contributed by atoms with van der Waals surface area (Å²) in [5.74, 6) is -0.250. The molecule has 0 aliphatic heterocycles. The minimum Gasteiger partial charge on any atom is -0.444 e. The molecular weight excluding hydrogens is 454 g/mol. The van der Waals surface area contributed by atoms with E-state index in [0.29, 0.717) is 5.69 Å². The van der Waals surface area contributed by atoms with E-state index in [2.05, 4.69) is 15.4 Å². The third-order valence-corrected chi connectivity index (χ3v) is 6.20. The molecule has 0 aliphatic rings. The predicted octanol–water partition coefficient (Wildman–Crippen LogP) is 3.82. The van der Waals surface area contributed by atoms with Gasteiger partial charge in [0, 0.05) is 18.8 Å². The number of rotatable bonds is 8. The molecule has 0 atom stereocenters. The van der Waals surface area contributed by atoms with Gasteiger partial charge in [0.1, 0.15) is 5.60 Å². The first kappa shape index (κ1) is 25.2. The highest BCUT2D eigenvalue weighted by Gasteiger charge is 2.17. The number of ether oxygens (including phenoxy) is 1. The van der Waals surface area contributed by atoms with Gasteiger partial charge >= 0.3 is 6.09 Å². The number of nitrogens with one attached hydrogen (secondary N) is 3. The Labute approximate surface area is 199 Å². The summed E-state index contributed by atoms with van der Waals surface area (Å²) >= 11 is 0. The lowest BCUT2D eigenvalue weighted by Gasteiger charge is -2.19. The number of sulfonamides is 1. The molecule has 0 radical (unpaired) electrons. The number of amides is 2. The van der Waals surface area contributed by atoms with E-state index in [1.807, 2.05) is 42.5 Å². The average molecular weight is 484 g/mol. The number of alkyl carbamates (subject to hydrolysis) is 1. The summed E-state index contributed by atoms with van der Waals surface area (Å²) in [5, 5.41) is 7.31. The summed E-state index contributed by atoms with van der Waals surface area (Å²) < 4.78 is 32.8. The van der Waals surface area contributed by atoms with E-state index in [1.165, 1.54) is 12.1 Å². The van der Waals surface area contributed by atoms with Crippen molar-refractivity contribution in [1.82, 2.24) is 10.0 Å². The Morgan fingerprint density at radius 2 is 1.62 bits per heavy atom. The van der Waals surface area contributed by atoms with Crippen molar-refractivity contribution in [2.45, 2.75) is 37.7 Å². The first-order valence-corrected chi connectivity index (χ1v) is 12.3. The van der Waals surface area contributed by atoms with E-state index in [0.717, 1.165) is 16.3 Å². The monoisotopic (exact) mass is 483 g/mol. The zero-order valence-corrected chi connectivity index (χ0v) is 20.2. The topological polar surface area (TPSA) is 114 Å². The normalized spacial score (nSPS) is 11.7. The summed E-state index contributed by atoms with van der Waals surface area (Å²) in [7, 11) is -3.83. The van der Waals surface area contributed by atoms with Gasteiger partial charge in [-0.1, -0.05) is 48.5 Å². The van der Waals surface area contributed by atoms with E-state index in [9.17, 15) is 18.0 Å². The van der Waals surface area contributed by atoms with Gasteiger partial charge < -0.3 is 15.4 Å². The first-order valence-electron chi connectivity index (χ1n) is 10.9. The molecule has 0 saturated heterocycles. The summed E-state index contributed by atoms with van der Waals surface area (Å²) in [6, 6.07) is 19.6. The lowest BCUT2D eigenvalue weighted by atomic mass is 10.0. The van der Waals surface area contributed by atoms with Gasteiger partial charge in [-0.25, -0.2) is 17.9 Å². The van der Waals surface area contributed by atoms with Gasteiger partial charge in [0.15, 0.2) is 0 Å². The largest absolute Gasteiger partial charge is 0.444 e. The molecule has 8 nitrogen and oxygen atoms in total. The Kier molecular flexibility index (Phi) is 7.90. The molecule has 180 valence electrons. The lowest BCUT2D eigenvalue weighted by Crippen LogP contribution is -2.37. The quantitative estimate of drug-likeness (QED) is 0.422. The van der Waals surface area contributed by atoms with Crippen LogP contribution in [0.4, 0.5) is 10.5 Å². The Bertz CT molecular complexity index is 1280. The minimum absolute atomic E-state index is 0.00716. The summed E-state index contributed by atoms with van der Waals surface area (Å²) in [5.41, 5.74) is 0.626. The fraction of sp³-hybridized carbons (Fsp3) is 0.280. The van der Waals surface area contributed by atoms with Gasteiger partial charge in [0.2, 0.25) is 15.9 Å². The van der Waals surface area contributed by atoms with E-state index >= 15 is 0 Å². The molecule has 3 N–H and O–H groups in total. The first-order chi connectivity index (χ1) is 16.0. The van der Waals surface area contributed by atoms with Crippen molar-refractivity contribution < 1.29 is 22.7 Å². The molecule has 0 spiro atoms. The molecule has 34 heavy (non-hydrogen) atoms. The van der Waals surface area contributed by atoms with E-state index in [-0.39, 0.29) is 30.3 Å². The highest BCUT2D eigenvalue weighted by atomic mass is 32.2. The molecular formula is C25H29N3O5S. The standard InChI is InChI=1S/C25H29N3O5S/c1-25(2,3)33-24(30)26-14-15-27-34(31,32)21-12-7-11-20(17-21)28-23(29)16-19-10-6-9-18-8-4-5-13-22(18)19/h4-13,17,27H,14-16H2,1-3H3,(H,26,30)(H,28,29). The van der Waals surface area contributed by atoms with Crippen LogP contribution in [0.2, 0.25) is 0 Å². The fourth-order valence-corrected chi connectivity index (χ4v) is 4.39. The zero-order chi connectivity index (χ0) is 24.8. The van der Waals surface area contributed by atoms with Crippen LogP contribution >= 0.6 is 0 Å². The number of hydrogen-bond acceptors (Lipinski definition) is 5. The second-order valence-electron chi connectivity index (χ2n) is 8.72. The van der Waals surface area contributed by atoms with E-state index in [1.54, 1.807) is 32.9 Å². The second kappa shape index (κ2) is 10.7. The lowest BCUT2D eigenvalue weighted by molar-refractivity contribution is -0.115. The molecule has 9 heteroatoms. The van der Waals surface area contributed by atoms with E-state index < -0.39 is 21.7 Å². The third kappa shape index (κ3) is 7.29. The molecule has 3 aromatic rings. The number of carbonyl (C=O) groups is 2. The van der Waals surface area contributed by atoms with Crippen LogP contribution in [0.15, 0.2) is 71.6 Å². The van der Waals surface area contributed by atoms with Crippen LogP contribution in [0, 0.1) is 0 Å². The molecule has 0 fully saturated rings. The molecule has 0 bridgehead atoms. The van der Waals surface area contributed by atoms with Gasteiger partial charge in [0.05, 0.1) is 11.3 Å². The van der Waals surface area contributed by atoms with Crippen molar-refractivity contribution >= 4 is 38.5 Å². The van der Waals surface area contributed by atoms with Crippen LogP contribution < -0.4 is 15.4 Å². The van der Waals surface area contributed by atoms with Gasteiger partial charge in [-0.3, -0.25) is 4.79 Å². The Balaban J connectivity index is 1.58. The van der Waals surface area contributed by atoms with Crippen LogP contribution in [-0.2, 0) is 26.0 Å². The summed E-state index contributed by atoms with van der Waals surface area (Å²) in [6.07, 6.45) is -0.463. The number of anilines is 1. The van der Waals surface area contributed by atoms with Crippen molar-refractivity contribution in [2.75, 3.05) is 18.4 Å². The van der Waals surface area contributed by atoms with Crippen molar-refractivity contribution in [2.24, 2.45) is 0 Å². The van der Waals surface area contributed by atoms with Gasteiger partial charge in [-0.15, -0.1) is 0 Å². The number of fused-ring (bicyclic) bond motifs is 1. The van der Waals surface area contributed by atoms with Crippen molar-refractivity contribution in [3.8, 4) is 0 Å². The Morgan fingerprint density at radius 1 is 0.912 bits per heavy atom. The molecule has 2 amide bonds. The number of hydrogen-bond donors (Lipinski definition) is 3. The maximum absolute atomic E-state index is 12.6. The van der Waals surface area contributed by atoms with Crippen molar-refractivity contribution in [3.05, 3.63) is 72.3 Å². The minimum atomic E-state index is -3.83. The summed E-state index contributed by atoms with van der Waals surface area (Å²) in [4.78, 5) is 24.3. The number of benzene rings is 3. The van der Waals surface area contributed by atoms with Crippen LogP contribution in [0.5, 0.6) is 0 Å². The van der Waals surface area contributed by atoms with Crippen LogP contribution in [0.3, 0.4) is 0 Å². The van der Waals surface area contributed by atoms with Crippen molar-refractivity contribution in [1.29, 1.82) is 0 Å². The smallest absolute Gasteiger partial charge is 0.407 e. The second-order valence-corrected chi connectivity index (χ2v) is 10.5.